The minimum Gasteiger partial charge on any atom is -0.384 e. The molecule has 3 nitrogen and oxygen atoms in total. The predicted molar refractivity (Wildman–Crippen MR) is 64.6 cm³/mol. The van der Waals surface area contributed by atoms with Crippen molar-refractivity contribution in [3.63, 3.8) is 0 Å². The maximum absolute atomic E-state index is 6.21. The summed E-state index contributed by atoms with van der Waals surface area (Å²) in [6.45, 7) is 9.41. The van der Waals surface area contributed by atoms with E-state index in [0.29, 0.717) is 6.61 Å². The fourth-order valence-electron chi connectivity index (χ4n) is 2.88. The van der Waals surface area contributed by atoms with Gasteiger partial charge < -0.3 is 14.2 Å². The van der Waals surface area contributed by atoms with Crippen LogP contribution < -0.4 is 0 Å². The summed E-state index contributed by atoms with van der Waals surface area (Å²) in [7, 11) is 3.51. The third-order valence-corrected chi connectivity index (χ3v) is 4.08. The first-order valence-electron chi connectivity index (χ1n) is 6.12. The number of hydrogen-bond donors (Lipinski definition) is 0. The molecule has 0 saturated carbocycles. The second-order valence-electron chi connectivity index (χ2n) is 5.47. The van der Waals surface area contributed by atoms with Crippen molar-refractivity contribution in [3.8, 4) is 0 Å². The van der Waals surface area contributed by atoms with E-state index in [1.807, 2.05) is 0 Å². The van der Waals surface area contributed by atoms with Gasteiger partial charge in [0, 0.05) is 26.1 Å². The zero-order valence-corrected chi connectivity index (χ0v) is 11.5. The molecular formula is C13H26O3. The molecular weight excluding hydrogens is 204 g/mol. The van der Waals surface area contributed by atoms with Crippen molar-refractivity contribution in [2.75, 3.05) is 20.8 Å². The quantitative estimate of drug-likeness (QED) is 0.726. The second-order valence-corrected chi connectivity index (χ2v) is 5.47. The van der Waals surface area contributed by atoms with Crippen molar-refractivity contribution in [2.24, 2.45) is 5.41 Å². The van der Waals surface area contributed by atoms with Crippen LogP contribution in [0.1, 0.15) is 40.5 Å². The highest BCUT2D eigenvalue weighted by Gasteiger charge is 2.52. The average Bonchev–Trinajstić information content (AvgIpc) is 2.56. The Labute approximate surface area is 99.5 Å². The van der Waals surface area contributed by atoms with E-state index in [0.717, 1.165) is 12.8 Å². The Bertz CT molecular complexity index is 227. The van der Waals surface area contributed by atoms with Crippen LogP contribution in [-0.4, -0.2) is 38.6 Å². The lowest BCUT2D eigenvalue weighted by molar-refractivity contribution is -0.135. The van der Waals surface area contributed by atoms with Gasteiger partial charge in [0.05, 0.1) is 24.4 Å². The minimum atomic E-state index is -0.122. The van der Waals surface area contributed by atoms with E-state index in [-0.39, 0.29) is 23.2 Å². The fourth-order valence-corrected chi connectivity index (χ4v) is 2.88. The Morgan fingerprint density at radius 3 is 2.38 bits per heavy atom. The highest BCUT2D eigenvalue weighted by atomic mass is 16.6. The van der Waals surface area contributed by atoms with E-state index in [4.69, 9.17) is 14.2 Å². The Morgan fingerprint density at radius 1 is 1.38 bits per heavy atom. The molecule has 0 N–H and O–H groups in total. The summed E-state index contributed by atoms with van der Waals surface area (Å²) in [5, 5.41) is 0. The monoisotopic (exact) mass is 230 g/mol. The van der Waals surface area contributed by atoms with Crippen LogP contribution in [0, 0.1) is 5.41 Å². The molecule has 1 aliphatic heterocycles. The van der Waals surface area contributed by atoms with Crippen molar-refractivity contribution >= 4 is 0 Å². The normalized spacial score (nSPS) is 35.6. The van der Waals surface area contributed by atoms with Crippen molar-refractivity contribution in [2.45, 2.75) is 58.3 Å². The van der Waals surface area contributed by atoms with Crippen molar-refractivity contribution in [1.29, 1.82) is 0 Å². The van der Waals surface area contributed by atoms with E-state index in [1.165, 1.54) is 0 Å². The summed E-state index contributed by atoms with van der Waals surface area (Å²) in [5.41, 5.74) is -0.110. The fraction of sp³-hybridized carbons (Fsp3) is 1.00. The zero-order valence-electron chi connectivity index (χ0n) is 11.5. The molecule has 1 saturated heterocycles. The van der Waals surface area contributed by atoms with Crippen LogP contribution in [0.15, 0.2) is 0 Å². The standard InChI is InChI=1S/C13H26O3/c1-7-13(12(3,4)9-14-5)8-11(15-6)10(2)16-13/h10-11H,7-9H2,1-6H3/t10-,11?,13?/m0/s1. The van der Waals surface area contributed by atoms with E-state index in [1.54, 1.807) is 14.2 Å². The first kappa shape index (κ1) is 13.9. The molecule has 1 rings (SSSR count). The van der Waals surface area contributed by atoms with Crippen LogP contribution >= 0.6 is 0 Å². The van der Waals surface area contributed by atoms with Gasteiger partial charge >= 0.3 is 0 Å². The summed E-state index contributed by atoms with van der Waals surface area (Å²) < 4.78 is 17.0. The Balaban J connectivity index is 2.87. The van der Waals surface area contributed by atoms with Gasteiger partial charge in [0.1, 0.15) is 0 Å². The van der Waals surface area contributed by atoms with Crippen molar-refractivity contribution in [3.05, 3.63) is 0 Å². The van der Waals surface area contributed by atoms with Gasteiger partial charge in [-0.1, -0.05) is 20.8 Å². The van der Waals surface area contributed by atoms with Gasteiger partial charge in [-0.2, -0.15) is 0 Å². The van der Waals surface area contributed by atoms with Gasteiger partial charge in [0.15, 0.2) is 0 Å². The molecule has 0 amide bonds. The third-order valence-electron chi connectivity index (χ3n) is 4.08. The largest absolute Gasteiger partial charge is 0.384 e. The maximum Gasteiger partial charge on any atom is 0.0858 e. The highest BCUT2D eigenvalue weighted by molar-refractivity contribution is 5.02. The average molecular weight is 230 g/mol. The molecule has 1 fully saturated rings. The zero-order chi connectivity index (χ0) is 12.4. The summed E-state index contributed by atoms with van der Waals surface area (Å²) >= 11 is 0. The number of ether oxygens (including phenoxy) is 3. The molecule has 1 heterocycles. The molecule has 0 bridgehead atoms. The van der Waals surface area contributed by atoms with Gasteiger partial charge in [-0.05, 0) is 13.3 Å². The summed E-state index contributed by atoms with van der Waals surface area (Å²) in [5.74, 6) is 0. The molecule has 0 aromatic rings. The molecule has 3 heteroatoms. The first-order valence-corrected chi connectivity index (χ1v) is 6.12. The molecule has 96 valence electrons. The van der Waals surface area contributed by atoms with E-state index < -0.39 is 0 Å². The number of methoxy groups -OCH3 is 2. The topological polar surface area (TPSA) is 27.7 Å². The second kappa shape index (κ2) is 5.03. The van der Waals surface area contributed by atoms with Crippen LogP contribution in [0.2, 0.25) is 0 Å². The molecule has 16 heavy (non-hydrogen) atoms. The van der Waals surface area contributed by atoms with Crippen LogP contribution in [0.25, 0.3) is 0 Å². The molecule has 0 aromatic heterocycles. The maximum atomic E-state index is 6.21. The summed E-state index contributed by atoms with van der Waals surface area (Å²) in [4.78, 5) is 0. The molecule has 0 aliphatic carbocycles. The predicted octanol–water partition coefficient (Wildman–Crippen LogP) is 2.63. The molecule has 0 aromatic carbocycles. The highest BCUT2D eigenvalue weighted by Crippen LogP contribution is 2.47. The first-order chi connectivity index (χ1) is 7.42. The van der Waals surface area contributed by atoms with Gasteiger partial charge in [-0.15, -0.1) is 0 Å². The van der Waals surface area contributed by atoms with Gasteiger partial charge in [-0.3, -0.25) is 0 Å². The molecule has 3 atom stereocenters. The number of hydrogen-bond acceptors (Lipinski definition) is 3. The lowest BCUT2D eigenvalue weighted by Gasteiger charge is -2.42. The van der Waals surface area contributed by atoms with Gasteiger partial charge in [0.25, 0.3) is 0 Å². The molecule has 1 aliphatic rings. The van der Waals surface area contributed by atoms with Crippen LogP contribution in [0.4, 0.5) is 0 Å². The Morgan fingerprint density at radius 2 is 2.00 bits per heavy atom. The third kappa shape index (κ3) is 2.27. The summed E-state index contributed by atoms with van der Waals surface area (Å²) in [6, 6.07) is 0. The number of rotatable bonds is 5. The van der Waals surface area contributed by atoms with Crippen LogP contribution in [0.3, 0.4) is 0 Å². The Kier molecular flexibility index (Phi) is 4.38. The Hall–Kier alpha value is -0.120. The summed E-state index contributed by atoms with van der Waals surface area (Å²) in [6.07, 6.45) is 2.32. The van der Waals surface area contributed by atoms with Crippen LogP contribution in [-0.2, 0) is 14.2 Å². The van der Waals surface area contributed by atoms with E-state index in [2.05, 4.69) is 27.7 Å². The lowest BCUT2D eigenvalue weighted by atomic mass is 9.71. The van der Waals surface area contributed by atoms with E-state index >= 15 is 0 Å². The van der Waals surface area contributed by atoms with E-state index in [9.17, 15) is 0 Å². The van der Waals surface area contributed by atoms with Gasteiger partial charge in [-0.25, -0.2) is 0 Å². The van der Waals surface area contributed by atoms with Gasteiger partial charge in [0.2, 0.25) is 0 Å². The lowest BCUT2D eigenvalue weighted by Crippen LogP contribution is -2.47. The minimum absolute atomic E-state index is 0.0119. The molecule has 2 unspecified atom stereocenters. The SMILES string of the molecule is CCC1(C(C)(C)COC)CC(OC)[C@H](C)O1. The molecule has 0 spiro atoms. The van der Waals surface area contributed by atoms with Crippen molar-refractivity contribution < 1.29 is 14.2 Å². The smallest absolute Gasteiger partial charge is 0.0858 e. The molecule has 0 radical (unpaired) electrons. The van der Waals surface area contributed by atoms with Crippen LogP contribution in [0.5, 0.6) is 0 Å². The van der Waals surface area contributed by atoms with Crippen molar-refractivity contribution in [1.82, 2.24) is 0 Å².